The van der Waals surface area contributed by atoms with E-state index in [0.717, 1.165) is 23.9 Å². The maximum absolute atomic E-state index is 11.9. The Labute approximate surface area is 118 Å². The Balaban J connectivity index is 2.57. The first-order valence-electron chi connectivity index (χ1n) is 5.75. The highest BCUT2D eigenvalue weighted by atomic mass is 79.9. The Morgan fingerprint density at radius 3 is 2.33 bits per heavy atom. The molecular formula is C12H19BrN2O2S. The summed E-state index contributed by atoms with van der Waals surface area (Å²) in [6.07, 6.45) is 0.797. The Morgan fingerprint density at radius 2 is 1.83 bits per heavy atom. The largest absolute Gasteiger partial charge is 0.309 e. The van der Waals surface area contributed by atoms with Crippen LogP contribution in [-0.4, -0.2) is 40.5 Å². The van der Waals surface area contributed by atoms with Crippen molar-refractivity contribution in [3.8, 4) is 0 Å². The Morgan fingerprint density at radius 1 is 1.22 bits per heavy atom. The average molecular weight is 335 g/mol. The summed E-state index contributed by atoms with van der Waals surface area (Å²) in [5, 5.41) is 0.726. The van der Waals surface area contributed by atoms with E-state index < -0.39 is 10.0 Å². The van der Waals surface area contributed by atoms with Crippen molar-refractivity contribution >= 4 is 26.0 Å². The molecule has 4 nitrogen and oxygen atoms in total. The summed E-state index contributed by atoms with van der Waals surface area (Å²) in [5.74, 6) is 0. The number of alkyl halides is 1. The van der Waals surface area contributed by atoms with E-state index >= 15 is 0 Å². The minimum absolute atomic E-state index is 0.317. The minimum Gasteiger partial charge on any atom is -0.309 e. The molecule has 0 fully saturated rings. The number of halogens is 1. The van der Waals surface area contributed by atoms with Gasteiger partial charge in [0.25, 0.3) is 0 Å². The first-order chi connectivity index (χ1) is 8.45. The van der Waals surface area contributed by atoms with Crippen LogP contribution in [0, 0.1) is 0 Å². The van der Waals surface area contributed by atoms with Gasteiger partial charge in [0.05, 0.1) is 4.90 Å². The molecule has 0 aromatic heterocycles. The van der Waals surface area contributed by atoms with Gasteiger partial charge in [-0.2, -0.15) is 0 Å². The first-order valence-corrected chi connectivity index (χ1v) is 8.35. The van der Waals surface area contributed by atoms with Crippen LogP contribution in [0.3, 0.4) is 0 Å². The summed E-state index contributed by atoms with van der Waals surface area (Å²) >= 11 is 3.33. The van der Waals surface area contributed by atoms with Crippen molar-refractivity contribution < 1.29 is 8.42 Å². The second kappa shape index (κ2) is 7.23. The van der Waals surface area contributed by atoms with E-state index in [4.69, 9.17) is 0 Å². The molecule has 0 saturated carbocycles. The van der Waals surface area contributed by atoms with Gasteiger partial charge < -0.3 is 4.90 Å². The zero-order valence-electron chi connectivity index (χ0n) is 10.7. The molecule has 102 valence electrons. The predicted octanol–water partition coefficient (Wildman–Crippen LogP) is 1.81. The second-order valence-corrected chi connectivity index (χ2v) is 6.66. The maximum Gasteiger partial charge on any atom is 0.240 e. The van der Waals surface area contributed by atoms with Crippen LogP contribution in [0.15, 0.2) is 29.2 Å². The number of rotatable bonds is 7. The van der Waals surface area contributed by atoms with Gasteiger partial charge in [0, 0.05) is 11.9 Å². The standard InChI is InChI=1S/C12H19BrN2O2S/c1-15(2)9-3-8-14-18(16,17)12-6-4-11(10-13)5-7-12/h4-7,14H,3,8-10H2,1-2H3. The molecule has 0 aliphatic rings. The predicted molar refractivity (Wildman–Crippen MR) is 77.4 cm³/mol. The molecule has 0 saturated heterocycles. The molecule has 0 spiro atoms. The third-order valence-corrected chi connectivity index (χ3v) is 4.59. The number of hydrogen-bond donors (Lipinski definition) is 1. The highest BCUT2D eigenvalue weighted by Crippen LogP contribution is 2.12. The third kappa shape index (κ3) is 5.06. The quantitative estimate of drug-likeness (QED) is 0.611. The highest BCUT2D eigenvalue weighted by Gasteiger charge is 2.12. The topological polar surface area (TPSA) is 49.4 Å². The molecule has 0 atom stereocenters. The monoisotopic (exact) mass is 334 g/mol. The molecule has 0 radical (unpaired) electrons. The molecule has 0 aliphatic heterocycles. The van der Waals surface area contributed by atoms with Crippen LogP contribution in [0.25, 0.3) is 0 Å². The Bertz CT molecular complexity index is 457. The molecule has 1 rings (SSSR count). The number of nitrogens with one attached hydrogen (secondary N) is 1. The molecule has 0 aliphatic carbocycles. The van der Waals surface area contributed by atoms with Crippen LogP contribution in [0.4, 0.5) is 0 Å². The Hall–Kier alpha value is -0.430. The summed E-state index contributed by atoms with van der Waals surface area (Å²) in [6, 6.07) is 6.88. The van der Waals surface area contributed by atoms with Crippen molar-refractivity contribution in [3.63, 3.8) is 0 Å². The molecule has 1 aromatic rings. The van der Waals surface area contributed by atoms with E-state index in [-0.39, 0.29) is 0 Å². The average Bonchev–Trinajstić information content (AvgIpc) is 2.34. The van der Waals surface area contributed by atoms with Gasteiger partial charge in [0.1, 0.15) is 0 Å². The van der Waals surface area contributed by atoms with Crippen molar-refractivity contribution in [1.29, 1.82) is 0 Å². The van der Waals surface area contributed by atoms with Gasteiger partial charge in [-0.15, -0.1) is 0 Å². The number of nitrogens with zero attached hydrogens (tertiary/aromatic N) is 1. The SMILES string of the molecule is CN(C)CCCNS(=O)(=O)c1ccc(CBr)cc1. The summed E-state index contributed by atoms with van der Waals surface area (Å²) in [6.45, 7) is 1.33. The first kappa shape index (κ1) is 15.6. The fourth-order valence-electron chi connectivity index (χ4n) is 1.44. The molecule has 0 unspecified atom stereocenters. The van der Waals surface area contributed by atoms with Gasteiger partial charge >= 0.3 is 0 Å². The normalized spacial score (nSPS) is 12.0. The van der Waals surface area contributed by atoms with Crippen molar-refractivity contribution in [2.75, 3.05) is 27.2 Å². The van der Waals surface area contributed by atoms with Crippen LogP contribution < -0.4 is 4.72 Å². The van der Waals surface area contributed by atoms with Crippen molar-refractivity contribution in [3.05, 3.63) is 29.8 Å². The molecule has 6 heteroatoms. The number of benzene rings is 1. The van der Waals surface area contributed by atoms with Crippen LogP contribution in [0.2, 0.25) is 0 Å². The van der Waals surface area contributed by atoms with Crippen LogP contribution >= 0.6 is 15.9 Å². The van der Waals surface area contributed by atoms with E-state index in [9.17, 15) is 8.42 Å². The smallest absolute Gasteiger partial charge is 0.240 e. The van der Waals surface area contributed by atoms with Gasteiger partial charge in [-0.3, -0.25) is 0 Å². The van der Waals surface area contributed by atoms with Crippen LogP contribution in [0.5, 0.6) is 0 Å². The minimum atomic E-state index is -3.37. The van der Waals surface area contributed by atoms with Gasteiger partial charge in [-0.05, 0) is 44.8 Å². The van der Waals surface area contributed by atoms with Gasteiger partial charge in [0.15, 0.2) is 0 Å². The third-order valence-electron chi connectivity index (χ3n) is 2.46. The van der Waals surface area contributed by atoms with Gasteiger partial charge in [-0.25, -0.2) is 13.1 Å². The molecule has 1 aromatic carbocycles. The molecule has 0 amide bonds. The summed E-state index contributed by atoms with van der Waals surface area (Å²) < 4.78 is 26.5. The zero-order chi connectivity index (χ0) is 13.6. The van der Waals surface area contributed by atoms with Crippen LogP contribution in [0.1, 0.15) is 12.0 Å². The molecule has 0 heterocycles. The van der Waals surface area contributed by atoms with Gasteiger partial charge in [-0.1, -0.05) is 28.1 Å². The zero-order valence-corrected chi connectivity index (χ0v) is 13.1. The van der Waals surface area contributed by atoms with Crippen LogP contribution in [-0.2, 0) is 15.4 Å². The molecule has 1 N–H and O–H groups in total. The summed E-state index contributed by atoms with van der Waals surface area (Å²) in [4.78, 5) is 2.34. The lowest BCUT2D eigenvalue weighted by Gasteiger charge is -2.10. The lowest BCUT2D eigenvalue weighted by atomic mass is 10.2. The number of sulfonamides is 1. The van der Waals surface area contributed by atoms with E-state index in [1.807, 2.05) is 31.1 Å². The summed E-state index contributed by atoms with van der Waals surface area (Å²) in [5.41, 5.74) is 1.06. The van der Waals surface area contributed by atoms with Crippen molar-refractivity contribution in [2.45, 2.75) is 16.6 Å². The van der Waals surface area contributed by atoms with Gasteiger partial charge in [0.2, 0.25) is 10.0 Å². The molecule has 0 bridgehead atoms. The Kier molecular flexibility index (Phi) is 6.28. The van der Waals surface area contributed by atoms with E-state index in [1.165, 1.54) is 0 Å². The van der Waals surface area contributed by atoms with E-state index in [1.54, 1.807) is 12.1 Å². The summed E-state index contributed by atoms with van der Waals surface area (Å²) in [7, 11) is 0.565. The van der Waals surface area contributed by atoms with Crippen molar-refractivity contribution in [1.82, 2.24) is 9.62 Å². The fraction of sp³-hybridized carbons (Fsp3) is 0.500. The lowest BCUT2D eigenvalue weighted by molar-refractivity contribution is 0.400. The maximum atomic E-state index is 11.9. The molecule has 18 heavy (non-hydrogen) atoms. The highest BCUT2D eigenvalue weighted by molar-refractivity contribution is 9.08. The van der Waals surface area contributed by atoms with E-state index in [2.05, 4.69) is 20.7 Å². The lowest BCUT2D eigenvalue weighted by Crippen LogP contribution is -2.27. The number of hydrogen-bond acceptors (Lipinski definition) is 3. The molecular weight excluding hydrogens is 316 g/mol. The fourth-order valence-corrected chi connectivity index (χ4v) is 2.89. The van der Waals surface area contributed by atoms with Crippen molar-refractivity contribution in [2.24, 2.45) is 0 Å². The second-order valence-electron chi connectivity index (χ2n) is 4.33. The van der Waals surface area contributed by atoms with E-state index in [0.29, 0.717) is 11.4 Å².